The Kier molecular flexibility index (Phi) is 4.03. The zero-order valence-electron chi connectivity index (χ0n) is 11.6. The van der Waals surface area contributed by atoms with E-state index < -0.39 is 10.0 Å². The summed E-state index contributed by atoms with van der Waals surface area (Å²) < 4.78 is 26.8. The van der Waals surface area contributed by atoms with Gasteiger partial charge in [0.25, 0.3) is 5.56 Å². The summed E-state index contributed by atoms with van der Waals surface area (Å²) in [5.74, 6) is 0. The van der Waals surface area contributed by atoms with Crippen LogP contribution in [0.4, 0.5) is 0 Å². The second-order valence-electron chi connectivity index (χ2n) is 5.06. The number of sulfonamides is 1. The summed E-state index contributed by atoms with van der Waals surface area (Å²) in [5, 5.41) is 6.42. The summed E-state index contributed by atoms with van der Waals surface area (Å²) in [6, 6.07) is 7.58. The molecule has 0 spiro atoms. The fourth-order valence-electron chi connectivity index (χ4n) is 2.43. The van der Waals surface area contributed by atoms with Gasteiger partial charge in [-0.25, -0.2) is 13.5 Å². The fraction of sp³-hybridized carbons (Fsp3) is 0.286. The molecule has 1 fully saturated rings. The molecule has 1 aliphatic heterocycles. The molecule has 0 amide bonds. The van der Waals surface area contributed by atoms with Crippen LogP contribution in [0.15, 0.2) is 40.0 Å². The topological polar surface area (TPSA) is 83.1 Å². The summed E-state index contributed by atoms with van der Waals surface area (Å²) in [5.41, 5.74) is 0.746. The van der Waals surface area contributed by atoms with Gasteiger partial charge < -0.3 is 0 Å². The van der Waals surface area contributed by atoms with E-state index in [1.807, 2.05) is 0 Å². The van der Waals surface area contributed by atoms with Gasteiger partial charge in [0.15, 0.2) is 0 Å². The molecule has 3 rings (SSSR count). The molecular formula is C14H14ClN3O3S. The first kappa shape index (κ1) is 15.2. The molecule has 2 heterocycles. The Labute approximate surface area is 132 Å². The molecule has 0 aliphatic carbocycles. The lowest BCUT2D eigenvalue weighted by Crippen LogP contribution is -2.28. The fourth-order valence-corrected chi connectivity index (χ4v) is 4.45. The Bertz CT molecular complexity index is 837. The third kappa shape index (κ3) is 2.79. The maximum absolute atomic E-state index is 12.7. The van der Waals surface area contributed by atoms with Crippen LogP contribution < -0.4 is 5.56 Å². The number of rotatable bonds is 3. The smallest absolute Gasteiger partial charge is 0.264 e. The van der Waals surface area contributed by atoms with E-state index in [2.05, 4.69) is 10.2 Å². The van der Waals surface area contributed by atoms with E-state index in [-0.39, 0.29) is 15.5 Å². The third-order valence-electron chi connectivity index (χ3n) is 3.59. The van der Waals surface area contributed by atoms with Gasteiger partial charge in [-0.2, -0.15) is 9.40 Å². The molecule has 1 N–H and O–H groups in total. The average Bonchev–Trinajstić information content (AvgIpc) is 3.03. The molecule has 0 unspecified atom stereocenters. The van der Waals surface area contributed by atoms with Crippen molar-refractivity contribution in [1.29, 1.82) is 0 Å². The van der Waals surface area contributed by atoms with Crippen molar-refractivity contribution in [3.63, 3.8) is 0 Å². The molecule has 2 aromatic rings. The first-order chi connectivity index (χ1) is 10.5. The molecule has 0 atom stereocenters. The van der Waals surface area contributed by atoms with E-state index in [4.69, 9.17) is 11.6 Å². The Morgan fingerprint density at radius 1 is 1.14 bits per heavy atom. The molecule has 6 nitrogen and oxygen atoms in total. The van der Waals surface area contributed by atoms with Crippen LogP contribution in [0.25, 0.3) is 11.3 Å². The highest BCUT2D eigenvalue weighted by atomic mass is 35.5. The minimum atomic E-state index is -3.61. The van der Waals surface area contributed by atoms with Crippen LogP contribution >= 0.6 is 11.6 Å². The Morgan fingerprint density at radius 3 is 2.50 bits per heavy atom. The molecular weight excluding hydrogens is 326 g/mol. The van der Waals surface area contributed by atoms with Crippen molar-refractivity contribution in [2.24, 2.45) is 0 Å². The lowest BCUT2D eigenvalue weighted by atomic mass is 10.1. The Morgan fingerprint density at radius 2 is 1.86 bits per heavy atom. The quantitative estimate of drug-likeness (QED) is 0.925. The number of benzene rings is 1. The number of nitrogens with zero attached hydrogens (tertiary/aromatic N) is 2. The predicted octanol–water partition coefficient (Wildman–Crippen LogP) is 1.87. The predicted molar refractivity (Wildman–Crippen MR) is 83.3 cm³/mol. The van der Waals surface area contributed by atoms with Crippen LogP contribution in [0.1, 0.15) is 12.8 Å². The first-order valence-corrected chi connectivity index (χ1v) is 8.66. The van der Waals surface area contributed by atoms with Gasteiger partial charge in [-0.1, -0.05) is 17.7 Å². The van der Waals surface area contributed by atoms with Gasteiger partial charge >= 0.3 is 0 Å². The maximum Gasteiger partial charge on any atom is 0.264 e. The number of aromatic amines is 1. The normalized spacial score (nSPS) is 16.0. The molecule has 1 aliphatic rings. The molecule has 0 saturated carbocycles. The molecule has 1 aromatic heterocycles. The SMILES string of the molecule is O=c1ccc(-c2ccc(Cl)c(S(=O)(=O)N3CCCC3)c2)n[nH]1. The monoisotopic (exact) mass is 339 g/mol. The zero-order chi connectivity index (χ0) is 15.7. The van der Waals surface area contributed by atoms with E-state index in [0.717, 1.165) is 12.8 Å². The van der Waals surface area contributed by atoms with Crippen LogP contribution in [0.5, 0.6) is 0 Å². The zero-order valence-corrected chi connectivity index (χ0v) is 13.2. The van der Waals surface area contributed by atoms with Gasteiger partial charge in [0.1, 0.15) is 4.90 Å². The van der Waals surface area contributed by atoms with Gasteiger partial charge in [-0.05, 0) is 31.0 Å². The van der Waals surface area contributed by atoms with Crippen LogP contribution in [0.3, 0.4) is 0 Å². The van der Waals surface area contributed by atoms with Crippen molar-refractivity contribution in [3.05, 3.63) is 45.7 Å². The van der Waals surface area contributed by atoms with Crippen molar-refractivity contribution in [2.75, 3.05) is 13.1 Å². The van der Waals surface area contributed by atoms with Crippen LogP contribution in [0, 0.1) is 0 Å². The maximum atomic E-state index is 12.7. The number of aromatic nitrogens is 2. The van der Waals surface area contributed by atoms with Crippen LogP contribution in [-0.4, -0.2) is 36.0 Å². The Hall–Kier alpha value is -1.70. The van der Waals surface area contributed by atoms with E-state index >= 15 is 0 Å². The van der Waals surface area contributed by atoms with Gasteiger partial charge in [-0.3, -0.25) is 4.79 Å². The Balaban J connectivity index is 2.07. The standard InChI is InChI=1S/C14H14ClN3O3S/c15-11-4-3-10(12-5-6-14(19)17-16-12)9-13(11)22(20,21)18-7-1-2-8-18/h3-6,9H,1-2,7-8H2,(H,17,19). The van der Waals surface area contributed by atoms with E-state index in [1.165, 1.54) is 28.6 Å². The highest BCUT2D eigenvalue weighted by molar-refractivity contribution is 7.89. The number of nitrogens with one attached hydrogen (secondary N) is 1. The number of hydrogen-bond donors (Lipinski definition) is 1. The van der Waals surface area contributed by atoms with Gasteiger partial charge in [0.05, 0.1) is 10.7 Å². The number of halogens is 1. The second-order valence-corrected chi connectivity index (χ2v) is 7.38. The van der Waals surface area contributed by atoms with Crippen LogP contribution in [0.2, 0.25) is 5.02 Å². The van der Waals surface area contributed by atoms with Crippen molar-refractivity contribution < 1.29 is 8.42 Å². The first-order valence-electron chi connectivity index (χ1n) is 6.84. The number of H-pyrrole nitrogens is 1. The highest BCUT2D eigenvalue weighted by Gasteiger charge is 2.29. The van der Waals surface area contributed by atoms with Crippen molar-refractivity contribution in [1.82, 2.24) is 14.5 Å². The van der Waals surface area contributed by atoms with Gasteiger partial charge in [-0.15, -0.1) is 0 Å². The van der Waals surface area contributed by atoms with E-state index in [9.17, 15) is 13.2 Å². The molecule has 8 heteroatoms. The van der Waals surface area contributed by atoms with Crippen molar-refractivity contribution in [2.45, 2.75) is 17.7 Å². The second kappa shape index (κ2) is 5.83. The molecule has 1 aromatic carbocycles. The molecule has 0 radical (unpaired) electrons. The molecule has 116 valence electrons. The van der Waals surface area contributed by atoms with E-state index in [0.29, 0.717) is 24.3 Å². The summed E-state index contributed by atoms with van der Waals surface area (Å²) >= 11 is 6.09. The van der Waals surface area contributed by atoms with Crippen molar-refractivity contribution in [3.8, 4) is 11.3 Å². The minimum absolute atomic E-state index is 0.0709. The van der Waals surface area contributed by atoms with E-state index in [1.54, 1.807) is 6.07 Å². The molecule has 1 saturated heterocycles. The largest absolute Gasteiger partial charge is 0.268 e. The third-order valence-corrected chi connectivity index (χ3v) is 5.97. The highest BCUT2D eigenvalue weighted by Crippen LogP contribution is 2.30. The molecule has 0 bridgehead atoms. The number of hydrogen-bond acceptors (Lipinski definition) is 4. The van der Waals surface area contributed by atoms with Crippen molar-refractivity contribution >= 4 is 21.6 Å². The minimum Gasteiger partial charge on any atom is -0.268 e. The lowest BCUT2D eigenvalue weighted by molar-refractivity contribution is 0.477. The summed E-state index contributed by atoms with van der Waals surface area (Å²) in [6.45, 7) is 1.03. The summed E-state index contributed by atoms with van der Waals surface area (Å²) in [6.07, 6.45) is 1.72. The van der Waals surface area contributed by atoms with Gasteiger partial charge in [0, 0.05) is 24.7 Å². The average molecular weight is 340 g/mol. The summed E-state index contributed by atoms with van der Waals surface area (Å²) in [7, 11) is -3.61. The van der Waals surface area contributed by atoms with Crippen LogP contribution in [-0.2, 0) is 10.0 Å². The van der Waals surface area contributed by atoms with Gasteiger partial charge in [0.2, 0.25) is 10.0 Å². The lowest BCUT2D eigenvalue weighted by Gasteiger charge is -2.17. The summed E-state index contributed by atoms with van der Waals surface area (Å²) in [4.78, 5) is 11.1. The molecule has 22 heavy (non-hydrogen) atoms.